The SMILES string of the molecule is CCCn1ncc(CN2CCCC(c3ncccc3S(C)(=O)=O)C2)c1C. The number of rotatable bonds is 6. The molecule has 1 atom stereocenters. The first-order valence-corrected chi connectivity index (χ1v) is 11.2. The third-order valence-corrected chi connectivity index (χ3v) is 6.27. The maximum absolute atomic E-state index is 12.1. The van der Waals surface area contributed by atoms with Gasteiger partial charge in [0.2, 0.25) is 0 Å². The van der Waals surface area contributed by atoms with E-state index < -0.39 is 9.84 Å². The van der Waals surface area contributed by atoms with Gasteiger partial charge in [0.25, 0.3) is 0 Å². The average molecular weight is 377 g/mol. The summed E-state index contributed by atoms with van der Waals surface area (Å²) >= 11 is 0. The number of aryl methyl sites for hydroxylation is 1. The predicted octanol–water partition coefficient (Wildman–Crippen LogP) is 2.78. The van der Waals surface area contributed by atoms with Crippen molar-refractivity contribution in [2.45, 2.75) is 57.0 Å². The molecule has 1 unspecified atom stereocenters. The van der Waals surface area contributed by atoms with Crippen LogP contribution in [0.25, 0.3) is 0 Å². The molecule has 2 aromatic rings. The van der Waals surface area contributed by atoms with Crippen LogP contribution in [0.1, 0.15) is 49.1 Å². The summed E-state index contributed by atoms with van der Waals surface area (Å²) in [6, 6.07) is 3.38. The molecule has 1 saturated heterocycles. The zero-order valence-electron chi connectivity index (χ0n) is 15.9. The highest BCUT2D eigenvalue weighted by Crippen LogP contribution is 2.30. The number of nitrogens with zero attached hydrogens (tertiary/aromatic N) is 4. The van der Waals surface area contributed by atoms with E-state index in [0.29, 0.717) is 4.90 Å². The van der Waals surface area contributed by atoms with Crippen LogP contribution in [0.4, 0.5) is 0 Å². The minimum atomic E-state index is -3.26. The summed E-state index contributed by atoms with van der Waals surface area (Å²) in [5, 5.41) is 4.49. The fraction of sp³-hybridized carbons (Fsp3) is 0.579. The molecule has 3 rings (SSSR count). The summed E-state index contributed by atoms with van der Waals surface area (Å²) in [5.74, 6) is 0.153. The predicted molar refractivity (Wildman–Crippen MR) is 102 cm³/mol. The van der Waals surface area contributed by atoms with Gasteiger partial charge in [-0.25, -0.2) is 8.42 Å². The lowest BCUT2D eigenvalue weighted by Gasteiger charge is -2.33. The highest BCUT2D eigenvalue weighted by atomic mass is 32.2. The first-order valence-electron chi connectivity index (χ1n) is 9.28. The van der Waals surface area contributed by atoms with Gasteiger partial charge in [-0.15, -0.1) is 0 Å². The Labute approximate surface area is 156 Å². The monoisotopic (exact) mass is 376 g/mol. The van der Waals surface area contributed by atoms with Gasteiger partial charge in [0.15, 0.2) is 9.84 Å². The van der Waals surface area contributed by atoms with E-state index in [1.165, 1.54) is 17.5 Å². The van der Waals surface area contributed by atoms with Gasteiger partial charge >= 0.3 is 0 Å². The van der Waals surface area contributed by atoms with Crippen molar-refractivity contribution in [3.8, 4) is 0 Å². The van der Waals surface area contributed by atoms with E-state index in [4.69, 9.17) is 0 Å². The normalized spacial score (nSPS) is 19.0. The van der Waals surface area contributed by atoms with Crippen LogP contribution in [0.15, 0.2) is 29.4 Å². The van der Waals surface area contributed by atoms with Crippen LogP contribution in [-0.2, 0) is 22.9 Å². The summed E-state index contributed by atoms with van der Waals surface area (Å²) < 4.78 is 26.3. The molecule has 1 aliphatic heterocycles. The quantitative estimate of drug-likeness (QED) is 0.775. The van der Waals surface area contributed by atoms with E-state index in [0.717, 1.165) is 51.1 Å². The fourth-order valence-electron chi connectivity index (χ4n) is 3.76. The number of piperidine rings is 1. The third kappa shape index (κ3) is 4.15. The summed E-state index contributed by atoms with van der Waals surface area (Å²) in [7, 11) is -3.26. The van der Waals surface area contributed by atoms with E-state index in [2.05, 4.69) is 33.5 Å². The highest BCUT2D eigenvalue weighted by Gasteiger charge is 2.27. The molecule has 0 bridgehead atoms. The number of pyridine rings is 1. The van der Waals surface area contributed by atoms with Crippen molar-refractivity contribution in [2.75, 3.05) is 19.3 Å². The largest absolute Gasteiger partial charge is 0.298 e. The zero-order valence-corrected chi connectivity index (χ0v) is 16.7. The van der Waals surface area contributed by atoms with Crippen LogP contribution in [0.5, 0.6) is 0 Å². The van der Waals surface area contributed by atoms with E-state index in [-0.39, 0.29) is 5.92 Å². The van der Waals surface area contributed by atoms with Crippen molar-refractivity contribution in [1.82, 2.24) is 19.7 Å². The number of hydrogen-bond donors (Lipinski definition) is 0. The number of hydrogen-bond acceptors (Lipinski definition) is 5. The molecule has 26 heavy (non-hydrogen) atoms. The minimum Gasteiger partial charge on any atom is -0.298 e. The lowest BCUT2D eigenvalue weighted by Crippen LogP contribution is -2.34. The minimum absolute atomic E-state index is 0.153. The van der Waals surface area contributed by atoms with E-state index >= 15 is 0 Å². The molecule has 2 aromatic heterocycles. The van der Waals surface area contributed by atoms with Gasteiger partial charge in [0.05, 0.1) is 16.8 Å². The molecule has 0 aliphatic carbocycles. The van der Waals surface area contributed by atoms with Crippen molar-refractivity contribution in [3.63, 3.8) is 0 Å². The molecule has 7 heteroatoms. The molecule has 142 valence electrons. The van der Waals surface area contributed by atoms with Gasteiger partial charge in [-0.2, -0.15) is 5.10 Å². The summed E-state index contributed by atoms with van der Waals surface area (Å²) in [6.07, 6.45) is 8.02. The molecular formula is C19H28N4O2S. The third-order valence-electron chi connectivity index (χ3n) is 5.13. The second-order valence-corrected chi connectivity index (χ2v) is 9.20. The van der Waals surface area contributed by atoms with E-state index in [1.54, 1.807) is 18.3 Å². The van der Waals surface area contributed by atoms with E-state index in [1.807, 2.05) is 6.20 Å². The first kappa shape index (κ1) is 19.0. The number of likely N-dealkylation sites (tertiary alicyclic amines) is 1. The maximum Gasteiger partial charge on any atom is 0.177 e. The summed E-state index contributed by atoms with van der Waals surface area (Å²) in [4.78, 5) is 7.21. The van der Waals surface area contributed by atoms with Gasteiger partial charge in [-0.3, -0.25) is 14.6 Å². The Morgan fingerprint density at radius 3 is 2.88 bits per heavy atom. The van der Waals surface area contributed by atoms with E-state index in [9.17, 15) is 8.42 Å². The molecule has 6 nitrogen and oxygen atoms in total. The second-order valence-electron chi connectivity index (χ2n) is 7.21. The zero-order chi connectivity index (χ0) is 18.7. The van der Waals surface area contributed by atoms with Crippen LogP contribution in [0.3, 0.4) is 0 Å². The number of aromatic nitrogens is 3. The molecule has 0 saturated carbocycles. The van der Waals surface area contributed by atoms with Crippen LogP contribution in [-0.4, -0.2) is 47.4 Å². The lowest BCUT2D eigenvalue weighted by atomic mass is 9.94. The van der Waals surface area contributed by atoms with Crippen molar-refractivity contribution >= 4 is 9.84 Å². The lowest BCUT2D eigenvalue weighted by molar-refractivity contribution is 0.197. The molecular weight excluding hydrogens is 348 g/mol. The van der Waals surface area contributed by atoms with Crippen LogP contribution in [0, 0.1) is 6.92 Å². The van der Waals surface area contributed by atoms with Gasteiger partial charge in [-0.05, 0) is 44.9 Å². The molecule has 0 radical (unpaired) electrons. The molecule has 0 aromatic carbocycles. The molecule has 0 N–H and O–H groups in total. The molecule has 1 aliphatic rings. The molecule has 0 amide bonds. The van der Waals surface area contributed by atoms with Gasteiger partial charge in [0.1, 0.15) is 0 Å². The summed E-state index contributed by atoms with van der Waals surface area (Å²) in [5.41, 5.74) is 3.20. The Bertz CT molecular complexity index is 860. The Balaban J connectivity index is 1.77. The van der Waals surface area contributed by atoms with Crippen molar-refractivity contribution in [2.24, 2.45) is 0 Å². The maximum atomic E-state index is 12.1. The smallest absolute Gasteiger partial charge is 0.177 e. The second kappa shape index (κ2) is 7.88. The topological polar surface area (TPSA) is 68.1 Å². The number of sulfone groups is 1. The standard InChI is InChI=1S/C19H28N4O2S/c1-4-10-23-15(2)17(12-21-23)14-22-11-6-7-16(13-22)19-18(26(3,24)25)8-5-9-20-19/h5,8-9,12,16H,4,6-7,10-11,13-14H2,1-3H3. The Morgan fingerprint density at radius 2 is 2.15 bits per heavy atom. The summed E-state index contributed by atoms with van der Waals surface area (Å²) in [6.45, 7) is 7.93. The van der Waals surface area contributed by atoms with Crippen LogP contribution < -0.4 is 0 Å². The van der Waals surface area contributed by atoms with Crippen molar-refractivity contribution < 1.29 is 8.42 Å². The molecule has 1 fully saturated rings. The highest BCUT2D eigenvalue weighted by molar-refractivity contribution is 7.90. The molecule has 3 heterocycles. The van der Waals surface area contributed by atoms with Gasteiger partial charge < -0.3 is 0 Å². The Hall–Kier alpha value is -1.73. The van der Waals surface area contributed by atoms with Crippen molar-refractivity contribution in [1.29, 1.82) is 0 Å². The van der Waals surface area contributed by atoms with Gasteiger partial charge in [-0.1, -0.05) is 6.92 Å². The average Bonchev–Trinajstić information content (AvgIpc) is 2.95. The van der Waals surface area contributed by atoms with Crippen LogP contribution >= 0.6 is 0 Å². The Kier molecular flexibility index (Phi) is 5.77. The van der Waals surface area contributed by atoms with Crippen molar-refractivity contribution in [3.05, 3.63) is 41.5 Å². The van der Waals surface area contributed by atoms with Crippen LogP contribution in [0.2, 0.25) is 0 Å². The fourth-order valence-corrected chi connectivity index (χ4v) is 4.69. The Morgan fingerprint density at radius 1 is 1.35 bits per heavy atom. The molecule has 0 spiro atoms. The van der Waals surface area contributed by atoms with Gasteiger partial charge in [0, 0.05) is 49.3 Å². The first-order chi connectivity index (χ1) is 12.4.